The molecule has 4 amide bonds. The summed E-state index contributed by atoms with van der Waals surface area (Å²) in [4.78, 5) is 54.6. The molecule has 6 rings (SSSR count). The molecule has 4 heterocycles. The Hall–Kier alpha value is -3.14. The predicted molar refractivity (Wildman–Crippen MR) is 142 cm³/mol. The maximum absolute atomic E-state index is 13.0. The first-order valence-electron chi connectivity index (χ1n) is 14.4. The summed E-state index contributed by atoms with van der Waals surface area (Å²) in [6.07, 6.45) is 7.22. The number of rotatable bonds is 5. The molecule has 1 unspecified atom stereocenters. The standard InChI is InChI=1S/C29H38N4O6/c1-2-38-28(37)32-13-9-29(10-14-32)16-22(17-29)39-21-7-11-31(12-8-21)20-3-4-23-19(15-20)18-33(27(23)36)24-5-6-25(34)30-26(24)35/h3-4,15,21-22,24H,2,5-14,16-18H2,1H3,(H,30,34,35). The zero-order valence-electron chi connectivity index (χ0n) is 22.7. The average Bonchev–Trinajstić information content (AvgIpc) is 3.24. The molecule has 1 spiro atoms. The summed E-state index contributed by atoms with van der Waals surface area (Å²) < 4.78 is 11.6. The number of imide groups is 1. The van der Waals surface area contributed by atoms with Crippen LogP contribution in [0.3, 0.4) is 0 Å². The van der Waals surface area contributed by atoms with Crippen LogP contribution < -0.4 is 10.2 Å². The van der Waals surface area contributed by atoms with Crippen LogP contribution in [0.15, 0.2) is 18.2 Å². The van der Waals surface area contributed by atoms with Crippen molar-refractivity contribution in [1.82, 2.24) is 15.1 Å². The summed E-state index contributed by atoms with van der Waals surface area (Å²) in [5, 5.41) is 2.36. The lowest BCUT2D eigenvalue weighted by Crippen LogP contribution is -2.52. The van der Waals surface area contributed by atoms with Crippen LogP contribution in [0.2, 0.25) is 0 Å². The van der Waals surface area contributed by atoms with Crippen molar-refractivity contribution in [3.63, 3.8) is 0 Å². The van der Waals surface area contributed by atoms with Crippen molar-refractivity contribution >= 4 is 29.5 Å². The molecule has 1 atom stereocenters. The minimum Gasteiger partial charge on any atom is -0.450 e. The van der Waals surface area contributed by atoms with Crippen molar-refractivity contribution < 1.29 is 28.7 Å². The molecule has 1 saturated carbocycles. The van der Waals surface area contributed by atoms with Gasteiger partial charge in [0.25, 0.3) is 5.91 Å². The minimum atomic E-state index is -0.588. The molecule has 3 saturated heterocycles. The highest BCUT2D eigenvalue weighted by atomic mass is 16.6. The highest BCUT2D eigenvalue weighted by Gasteiger charge is 2.48. The van der Waals surface area contributed by atoms with Gasteiger partial charge >= 0.3 is 6.09 Å². The summed E-state index contributed by atoms with van der Waals surface area (Å²) >= 11 is 0. The second-order valence-corrected chi connectivity index (χ2v) is 11.8. The van der Waals surface area contributed by atoms with E-state index in [1.165, 1.54) is 0 Å². The summed E-state index contributed by atoms with van der Waals surface area (Å²) in [5.41, 5.74) is 3.02. The van der Waals surface area contributed by atoms with E-state index >= 15 is 0 Å². The molecule has 0 bridgehead atoms. The number of hydrogen-bond acceptors (Lipinski definition) is 7. The number of carbonyl (C=O) groups is 4. The minimum absolute atomic E-state index is 0.136. The van der Waals surface area contributed by atoms with Crippen LogP contribution in [0.5, 0.6) is 0 Å². The van der Waals surface area contributed by atoms with E-state index in [4.69, 9.17) is 9.47 Å². The van der Waals surface area contributed by atoms with E-state index in [1.54, 1.807) is 4.90 Å². The number of anilines is 1. The summed E-state index contributed by atoms with van der Waals surface area (Å²) in [6.45, 7) is 6.03. The number of amides is 4. The molecular formula is C29H38N4O6. The Morgan fingerprint density at radius 2 is 1.77 bits per heavy atom. The third-order valence-corrected chi connectivity index (χ3v) is 9.37. The van der Waals surface area contributed by atoms with Crippen LogP contribution in [0, 0.1) is 5.41 Å². The van der Waals surface area contributed by atoms with Gasteiger partial charge in [-0.2, -0.15) is 0 Å². The highest BCUT2D eigenvalue weighted by molar-refractivity contribution is 6.05. The number of piperidine rings is 3. The van der Waals surface area contributed by atoms with Gasteiger partial charge in [-0.1, -0.05) is 0 Å². The van der Waals surface area contributed by atoms with Gasteiger partial charge in [-0.15, -0.1) is 0 Å². The van der Waals surface area contributed by atoms with Crippen molar-refractivity contribution in [3.05, 3.63) is 29.3 Å². The third kappa shape index (κ3) is 5.11. The number of nitrogens with one attached hydrogen (secondary N) is 1. The van der Waals surface area contributed by atoms with Gasteiger partial charge in [0, 0.05) is 50.4 Å². The molecule has 0 radical (unpaired) electrons. The van der Waals surface area contributed by atoms with E-state index < -0.39 is 6.04 Å². The monoisotopic (exact) mass is 538 g/mol. The zero-order chi connectivity index (χ0) is 27.1. The summed E-state index contributed by atoms with van der Waals surface area (Å²) in [6, 6.07) is 5.38. The zero-order valence-corrected chi connectivity index (χ0v) is 22.7. The van der Waals surface area contributed by atoms with Crippen molar-refractivity contribution in [1.29, 1.82) is 0 Å². The maximum atomic E-state index is 13.0. The first kappa shape index (κ1) is 26.1. The molecule has 1 aliphatic carbocycles. The van der Waals surface area contributed by atoms with E-state index in [2.05, 4.69) is 16.3 Å². The van der Waals surface area contributed by atoms with Crippen molar-refractivity contribution in [2.24, 2.45) is 5.41 Å². The molecular weight excluding hydrogens is 500 g/mol. The van der Waals surface area contributed by atoms with Crippen molar-refractivity contribution in [3.8, 4) is 0 Å². The number of fused-ring (bicyclic) bond motifs is 1. The highest BCUT2D eigenvalue weighted by Crippen LogP contribution is 2.51. The molecule has 10 heteroatoms. The van der Waals surface area contributed by atoms with Gasteiger partial charge in [0.1, 0.15) is 6.04 Å². The lowest BCUT2D eigenvalue weighted by molar-refractivity contribution is -0.137. The second-order valence-electron chi connectivity index (χ2n) is 11.8. The molecule has 5 aliphatic rings. The van der Waals surface area contributed by atoms with E-state index in [-0.39, 0.29) is 36.3 Å². The third-order valence-electron chi connectivity index (χ3n) is 9.37. The van der Waals surface area contributed by atoms with Crippen LogP contribution in [-0.2, 0) is 25.6 Å². The number of nitrogens with zero attached hydrogens (tertiary/aromatic N) is 3. The SMILES string of the molecule is CCOC(=O)N1CCC2(CC1)CC(OC1CCN(c3ccc4c(c3)CN(C3CCC(=O)NC3=O)C4=O)CC1)C2. The smallest absolute Gasteiger partial charge is 0.409 e. The fourth-order valence-electron chi connectivity index (χ4n) is 7.07. The molecule has 4 aliphatic heterocycles. The molecule has 4 fully saturated rings. The topological polar surface area (TPSA) is 108 Å². The van der Waals surface area contributed by atoms with Gasteiger partial charge < -0.3 is 24.2 Å². The molecule has 10 nitrogen and oxygen atoms in total. The normalized spacial score (nSPS) is 25.5. The maximum Gasteiger partial charge on any atom is 0.409 e. The van der Waals surface area contributed by atoms with Crippen molar-refractivity contribution in [2.75, 3.05) is 37.7 Å². The van der Waals surface area contributed by atoms with Crippen molar-refractivity contribution in [2.45, 2.75) is 83.1 Å². The van der Waals surface area contributed by atoms with Gasteiger partial charge in [-0.05, 0) is 81.0 Å². The Kier molecular flexibility index (Phi) is 6.99. The summed E-state index contributed by atoms with van der Waals surface area (Å²) in [5.74, 6) is -0.791. The van der Waals surface area contributed by atoms with Crippen LogP contribution >= 0.6 is 0 Å². The average molecular weight is 539 g/mol. The van der Waals surface area contributed by atoms with Gasteiger partial charge in [0.2, 0.25) is 11.8 Å². The van der Waals surface area contributed by atoms with Gasteiger partial charge in [-0.25, -0.2) is 4.79 Å². The Labute approximate surface area is 228 Å². The molecule has 210 valence electrons. The summed E-state index contributed by atoms with van der Waals surface area (Å²) in [7, 11) is 0. The molecule has 39 heavy (non-hydrogen) atoms. The van der Waals surface area contributed by atoms with Gasteiger partial charge in [0.15, 0.2) is 0 Å². The van der Waals surface area contributed by atoms with Gasteiger partial charge in [-0.3, -0.25) is 19.7 Å². The lowest BCUT2D eigenvalue weighted by atomic mass is 9.61. The molecule has 1 aromatic rings. The number of carbonyl (C=O) groups excluding carboxylic acids is 4. The Morgan fingerprint density at radius 1 is 1.03 bits per heavy atom. The van der Waals surface area contributed by atoms with E-state index in [0.29, 0.717) is 36.7 Å². The molecule has 1 aromatic carbocycles. The first-order chi connectivity index (χ1) is 18.8. The predicted octanol–water partition coefficient (Wildman–Crippen LogP) is 2.83. The largest absolute Gasteiger partial charge is 0.450 e. The first-order valence-corrected chi connectivity index (χ1v) is 14.4. The van der Waals surface area contributed by atoms with E-state index in [1.807, 2.05) is 24.0 Å². The number of benzene rings is 1. The number of likely N-dealkylation sites (tertiary alicyclic amines) is 1. The van der Waals surface area contributed by atoms with Crippen LogP contribution in [0.4, 0.5) is 10.5 Å². The van der Waals surface area contributed by atoms with E-state index in [0.717, 1.165) is 76.0 Å². The Morgan fingerprint density at radius 3 is 2.46 bits per heavy atom. The Bertz CT molecular complexity index is 1150. The van der Waals surface area contributed by atoms with E-state index in [9.17, 15) is 19.2 Å². The van der Waals surface area contributed by atoms with Crippen LogP contribution in [0.25, 0.3) is 0 Å². The van der Waals surface area contributed by atoms with Gasteiger partial charge in [0.05, 0.1) is 18.8 Å². The van der Waals surface area contributed by atoms with Crippen LogP contribution in [-0.4, -0.2) is 84.7 Å². The van der Waals surface area contributed by atoms with Crippen LogP contribution in [0.1, 0.15) is 74.2 Å². The Balaban J connectivity index is 0.969. The lowest BCUT2D eigenvalue weighted by Gasteiger charge is -2.52. The number of ether oxygens (including phenoxy) is 2. The molecule has 1 N–H and O–H groups in total. The fourth-order valence-corrected chi connectivity index (χ4v) is 7.07. The quantitative estimate of drug-likeness (QED) is 0.575. The second kappa shape index (κ2) is 10.4. The molecule has 0 aromatic heterocycles. The number of hydrogen-bond donors (Lipinski definition) is 1. The fraction of sp³-hybridized carbons (Fsp3) is 0.655.